The van der Waals surface area contributed by atoms with Crippen molar-refractivity contribution in [2.45, 2.75) is 49.2 Å². The van der Waals surface area contributed by atoms with Gasteiger partial charge in [0, 0.05) is 18.6 Å². The molecule has 1 aliphatic carbocycles. The van der Waals surface area contributed by atoms with Crippen molar-refractivity contribution >= 4 is 0 Å². The van der Waals surface area contributed by atoms with Crippen LogP contribution >= 0.6 is 0 Å². The molecule has 0 radical (unpaired) electrons. The molecule has 0 amide bonds. The third-order valence-corrected chi connectivity index (χ3v) is 6.31. The molecule has 0 aromatic heterocycles. The molecule has 3 fully saturated rings. The van der Waals surface area contributed by atoms with E-state index >= 15 is 0 Å². The molecule has 24 heavy (non-hydrogen) atoms. The maximum atomic E-state index is 10.2. The predicted molar refractivity (Wildman–Crippen MR) is 91.2 cm³/mol. The molecule has 0 N–H and O–H groups in total. The molecule has 2 aliphatic heterocycles. The second-order valence-corrected chi connectivity index (χ2v) is 7.28. The maximum absolute atomic E-state index is 10.2. The summed E-state index contributed by atoms with van der Waals surface area (Å²) in [5.74, 6) is 0.0501. The predicted octanol–water partition coefficient (Wildman–Crippen LogP) is 3.23. The number of nitriles is 1. The number of piperidine rings is 1. The van der Waals surface area contributed by atoms with Gasteiger partial charge < -0.3 is 4.74 Å². The minimum absolute atomic E-state index is 0.0964. The van der Waals surface area contributed by atoms with Gasteiger partial charge in [-0.25, -0.2) is 6.57 Å². The normalized spacial score (nSPS) is 39.1. The van der Waals surface area contributed by atoms with Crippen molar-refractivity contribution in [3.63, 3.8) is 0 Å². The quantitative estimate of drug-likeness (QED) is 0.746. The van der Waals surface area contributed by atoms with Crippen molar-refractivity contribution < 1.29 is 4.74 Å². The maximum Gasteiger partial charge on any atom is 0.328 e. The Morgan fingerprint density at radius 2 is 2.00 bits per heavy atom. The summed E-state index contributed by atoms with van der Waals surface area (Å²) in [6.07, 6.45) is 4.45. The fourth-order valence-electron chi connectivity index (χ4n) is 5.35. The topological polar surface area (TPSA) is 40.6 Å². The Balaban J connectivity index is 1.87. The zero-order chi connectivity index (χ0) is 16.6. The average Bonchev–Trinajstić information content (AvgIpc) is 2.67. The Morgan fingerprint density at radius 3 is 2.75 bits per heavy atom. The summed E-state index contributed by atoms with van der Waals surface area (Å²) in [7, 11) is 0. The number of nitrogens with zero attached hydrogens (tertiary/aromatic N) is 3. The van der Waals surface area contributed by atoms with Crippen LogP contribution < -0.4 is 0 Å². The number of hydrogen-bond donors (Lipinski definition) is 0. The molecule has 0 spiro atoms. The van der Waals surface area contributed by atoms with Crippen LogP contribution in [0.2, 0.25) is 0 Å². The Morgan fingerprint density at radius 1 is 1.21 bits per heavy atom. The zero-order valence-electron chi connectivity index (χ0n) is 13.9. The fourth-order valence-corrected chi connectivity index (χ4v) is 5.35. The van der Waals surface area contributed by atoms with Gasteiger partial charge in [0.2, 0.25) is 0 Å². The monoisotopic (exact) mass is 321 g/mol. The third kappa shape index (κ3) is 2.18. The van der Waals surface area contributed by atoms with Crippen LogP contribution in [0.1, 0.15) is 37.2 Å². The van der Waals surface area contributed by atoms with Crippen LogP contribution in [0.4, 0.5) is 0 Å². The summed E-state index contributed by atoms with van der Waals surface area (Å²) in [6, 6.07) is 13.2. The molecule has 1 aromatic rings. The van der Waals surface area contributed by atoms with E-state index in [1.807, 2.05) is 18.2 Å². The first-order valence-corrected chi connectivity index (χ1v) is 9.00. The first kappa shape index (κ1) is 15.6. The first-order valence-electron chi connectivity index (χ1n) is 9.00. The molecule has 5 unspecified atom stereocenters. The van der Waals surface area contributed by atoms with E-state index in [9.17, 15) is 5.26 Å². The highest BCUT2D eigenvalue weighted by molar-refractivity contribution is 5.39. The first-order chi connectivity index (χ1) is 11.8. The number of morpholine rings is 1. The number of ether oxygens (including phenoxy) is 1. The Bertz CT molecular complexity index is 660. The smallest absolute Gasteiger partial charge is 0.328 e. The summed E-state index contributed by atoms with van der Waals surface area (Å²) >= 11 is 0. The van der Waals surface area contributed by atoms with E-state index < -0.39 is 5.54 Å². The summed E-state index contributed by atoms with van der Waals surface area (Å²) in [5, 5.41) is 10.2. The third-order valence-electron chi connectivity index (χ3n) is 6.31. The molecule has 4 nitrogen and oxygen atoms in total. The SMILES string of the molecule is [C-]#[N+]C1(C#N)C2CCCCC2N2CCOCC2C1c1ccccc1. The van der Waals surface area contributed by atoms with Gasteiger partial charge in [0.15, 0.2) is 6.07 Å². The summed E-state index contributed by atoms with van der Waals surface area (Å²) in [4.78, 5) is 6.61. The highest BCUT2D eigenvalue weighted by Crippen LogP contribution is 2.53. The van der Waals surface area contributed by atoms with Crippen LogP contribution in [0.15, 0.2) is 30.3 Å². The van der Waals surface area contributed by atoms with Crippen molar-refractivity contribution in [1.82, 2.24) is 4.90 Å². The zero-order valence-corrected chi connectivity index (χ0v) is 13.9. The molecule has 1 saturated carbocycles. The van der Waals surface area contributed by atoms with Gasteiger partial charge in [-0.15, -0.1) is 0 Å². The standard InChI is InChI=1S/C20H23N3O/c1-22-20(14-21)16-9-5-6-10-17(16)23-11-12-24-13-18(23)19(20)15-7-3-2-4-8-15/h2-4,7-8,16-19H,5-6,9-13H2. The van der Waals surface area contributed by atoms with Crippen LogP contribution in [0, 0.1) is 23.8 Å². The van der Waals surface area contributed by atoms with Crippen LogP contribution in [-0.2, 0) is 4.74 Å². The minimum Gasteiger partial charge on any atom is -0.378 e. The molecule has 3 aliphatic rings. The van der Waals surface area contributed by atoms with Gasteiger partial charge in [-0.3, -0.25) is 9.74 Å². The van der Waals surface area contributed by atoms with E-state index in [1.165, 1.54) is 6.42 Å². The van der Waals surface area contributed by atoms with E-state index in [4.69, 9.17) is 11.3 Å². The molecule has 2 heterocycles. The van der Waals surface area contributed by atoms with Crippen LogP contribution in [0.5, 0.6) is 0 Å². The minimum atomic E-state index is -0.964. The Labute approximate surface area is 143 Å². The average molecular weight is 321 g/mol. The van der Waals surface area contributed by atoms with Gasteiger partial charge in [0.05, 0.1) is 25.0 Å². The molecular formula is C20H23N3O. The molecule has 5 atom stereocenters. The van der Waals surface area contributed by atoms with Crippen LogP contribution in [-0.4, -0.2) is 42.3 Å². The van der Waals surface area contributed by atoms with Crippen molar-refractivity contribution in [3.8, 4) is 6.07 Å². The lowest BCUT2D eigenvalue weighted by molar-refractivity contribution is -0.0991. The van der Waals surface area contributed by atoms with Crippen molar-refractivity contribution in [1.29, 1.82) is 5.26 Å². The van der Waals surface area contributed by atoms with Crippen molar-refractivity contribution in [2.75, 3.05) is 19.8 Å². The summed E-state index contributed by atoms with van der Waals surface area (Å²) < 4.78 is 5.80. The summed E-state index contributed by atoms with van der Waals surface area (Å²) in [6.45, 7) is 10.3. The molecule has 1 aromatic carbocycles. The van der Waals surface area contributed by atoms with Gasteiger partial charge in [-0.2, -0.15) is 5.26 Å². The highest BCUT2D eigenvalue weighted by atomic mass is 16.5. The van der Waals surface area contributed by atoms with E-state index in [0.717, 1.165) is 38.0 Å². The fraction of sp³-hybridized carbons (Fsp3) is 0.600. The number of rotatable bonds is 1. The second-order valence-electron chi connectivity index (χ2n) is 7.28. The molecule has 2 saturated heterocycles. The van der Waals surface area contributed by atoms with E-state index in [2.05, 4.69) is 27.9 Å². The lowest BCUT2D eigenvalue weighted by Gasteiger charge is -2.55. The molecule has 4 rings (SSSR count). The molecule has 0 bridgehead atoms. The van der Waals surface area contributed by atoms with Gasteiger partial charge in [-0.05, 0) is 18.4 Å². The van der Waals surface area contributed by atoms with Gasteiger partial charge in [-0.1, -0.05) is 43.2 Å². The van der Waals surface area contributed by atoms with Crippen LogP contribution in [0.3, 0.4) is 0 Å². The second kappa shape index (κ2) is 6.20. The van der Waals surface area contributed by atoms with Crippen molar-refractivity contribution in [2.24, 2.45) is 5.92 Å². The Hall–Kier alpha value is -1.88. The lowest BCUT2D eigenvalue weighted by Crippen LogP contribution is -2.68. The van der Waals surface area contributed by atoms with Crippen LogP contribution in [0.25, 0.3) is 4.85 Å². The van der Waals surface area contributed by atoms with E-state index in [0.29, 0.717) is 12.6 Å². The number of benzene rings is 1. The highest BCUT2D eigenvalue weighted by Gasteiger charge is 2.65. The number of fused-ring (bicyclic) bond motifs is 3. The van der Waals surface area contributed by atoms with Gasteiger partial charge >= 0.3 is 5.54 Å². The van der Waals surface area contributed by atoms with Gasteiger partial charge in [0.1, 0.15) is 0 Å². The molecule has 4 heteroatoms. The lowest BCUT2D eigenvalue weighted by atomic mass is 9.59. The largest absolute Gasteiger partial charge is 0.378 e. The Kier molecular flexibility index (Phi) is 4.04. The van der Waals surface area contributed by atoms with E-state index in [1.54, 1.807) is 0 Å². The molecular weight excluding hydrogens is 298 g/mol. The van der Waals surface area contributed by atoms with Crippen molar-refractivity contribution in [3.05, 3.63) is 47.3 Å². The molecule has 124 valence electrons. The number of hydrogen-bond acceptors (Lipinski definition) is 3. The van der Waals surface area contributed by atoms with E-state index in [-0.39, 0.29) is 17.9 Å². The van der Waals surface area contributed by atoms with Gasteiger partial charge in [0.25, 0.3) is 0 Å². The summed E-state index contributed by atoms with van der Waals surface area (Å²) in [5.41, 5.74) is 0.147.